The van der Waals surface area contributed by atoms with Gasteiger partial charge in [0.25, 0.3) is 0 Å². The van der Waals surface area contributed by atoms with Crippen LogP contribution < -0.4 is 9.62 Å². The van der Waals surface area contributed by atoms with Gasteiger partial charge in [-0.3, -0.25) is 9.10 Å². The van der Waals surface area contributed by atoms with Gasteiger partial charge in [-0.2, -0.15) is 4.31 Å². The lowest BCUT2D eigenvalue weighted by Gasteiger charge is -2.30. The summed E-state index contributed by atoms with van der Waals surface area (Å²) in [4.78, 5) is 13.1. The molecular formula is C21H26ClN3O6S2. The van der Waals surface area contributed by atoms with Gasteiger partial charge in [-0.15, -0.1) is 0 Å². The number of rotatable bonds is 8. The molecule has 0 aromatic heterocycles. The second-order valence-corrected chi connectivity index (χ2v) is 11.7. The molecule has 180 valence electrons. The molecule has 1 amide bonds. The number of halogens is 1. The first-order valence-electron chi connectivity index (χ1n) is 10.3. The van der Waals surface area contributed by atoms with Crippen LogP contribution >= 0.6 is 11.6 Å². The van der Waals surface area contributed by atoms with Gasteiger partial charge in [0, 0.05) is 23.8 Å². The number of ether oxygens (including phenoxy) is 1. The molecule has 0 saturated carbocycles. The zero-order valence-corrected chi connectivity index (χ0v) is 20.7. The number of benzene rings is 2. The molecule has 1 heterocycles. The Labute approximate surface area is 199 Å². The van der Waals surface area contributed by atoms with Crippen LogP contribution in [-0.2, 0) is 29.6 Å². The maximum Gasteiger partial charge on any atom is 0.248 e. The van der Waals surface area contributed by atoms with E-state index in [1.165, 1.54) is 34.6 Å². The molecule has 1 fully saturated rings. The van der Waals surface area contributed by atoms with Gasteiger partial charge < -0.3 is 10.1 Å². The molecule has 1 saturated heterocycles. The molecule has 0 radical (unpaired) electrons. The number of hydrogen-bond acceptors (Lipinski definition) is 6. The second-order valence-electron chi connectivity index (χ2n) is 7.49. The van der Waals surface area contributed by atoms with E-state index in [1.807, 2.05) is 0 Å². The van der Waals surface area contributed by atoms with Crippen molar-refractivity contribution in [1.29, 1.82) is 0 Å². The smallest absolute Gasteiger partial charge is 0.248 e. The number of anilines is 2. The Kier molecular flexibility index (Phi) is 8.01. The molecule has 1 aliphatic heterocycles. The van der Waals surface area contributed by atoms with Crippen molar-refractivity contribution in [3.63, 3.8) is 0 Å². The van der Waals surface area contributed by atoms with Gasteiger partial charge in [0.1, 0.15) is 6.04 Å². The first kappa shape index (κ1) is 25.4. The molecule has 3 rings (SSSR count). The van der Waals surface area contributed by atoms with Gasteiger partial charge in [-0.25, -0.2) is 16.8 Å². The summed E-state index contributed by atoms with van der Waals surface area (Å²) in [5.41, 5.74) is 0.623. The predicted octanol–water partition coefficient (Wildman–Crippen LogP) is 2.54. The lowest BCUT2D eigenvalue weighted by atomic mass is 10.2. The first-order chi connectivity index (χ1) is 15.5. The Bertz CT molecular complexity index is 1200. The Balaban J connectivity index is 1.81. The van der Waals surface area contributed by atoms with Gasteiger partial charge in [-0.05, 0) is 48.9 Å². The maximum absolute atomic E-state index is 13.0. The highest BCUT2D eigenvalue weighted by Crippen LogP contribution is 2.26. The van der Waals surface area contributed by atoms with Crippen LogP contribution in [0.1, 0.15) is 13.3 Å². The monoisotopic (exact) mass is 515 g/mol. The Morgan fingerprint density at radius 2 is 1.76 bits per heavy atom. The van der Waals surface area contributed by atoms with E-state index in [-0.39, 0.29) is 30.1 Å². The topological polar surface area (TPSA) is 113 Å². The van der Waals surface area contributed by atoms with Gasteiger partial charge >= 0.3 is 0 Å². The van der Waals surface area contributed by atoms with Crippen LogP contribution in [0.2, 0.25) is 5.02 Å². The minimum atomic E-state index is -3.80. The molecule has 1 N–H and O–H groups in total. The fraction of sp³-hybridized carbons (Fsp3) is 0.381. The fourth-order valence-electron chi connectivity index (χ4n) is 3.55. The van der Waals surface area contributed by atoms with E-state index in [1.54, 1.807) is 25.1 Å². The molecule has 2 aromatic carbocycles. The minimum absolute atomic E-state index is 0.103. The van der Waals surface area contributed by atoms with Crippen LogP contribution in [0, 0.1) is 0 Å². The van der Waals surface area contributed by atoms with E-state index in [2.05, 4.69) is 5.32 Å². The summed E-state index contributed by atoms with van der Waals surface area (Å²) in [5, 5.41) is 3.02. The summed E-state index contributed by atoms with van der Waals surface area (Å²) in [6.45, 7) is 2.95. The number of carbonyl (C=O) groups excluding carboxylic acids is 1. The molecule has 0 unspecified atom stereocenters. The van der Waals surface area contributed by atoms with Gasteiger partial charge in [0.15, 0.2) is 0 Å². The van der Waals surface area contributed by atoms with Crippen molar-refractivity contribution in [2.45, 2.75) is 24.3 Å². The van der Waals surface area contributed by atoms with Crippen LogP contribution in [0.4, 0.5) is 11.4 Å². The highest BCUT2D eigenvalue weighted by atomic mass is 35.5. The van der Waals surface area contributed by atoms with E-state index in [0.717, 1.165) is 10.6 Å². The summed E-state index contributed by atoms with van der Waals surface area (Å²) in [6, 6.07) is 11.0. The maximum atomic E-state index is 13.0. The van der Waals surface area contributed by atoms with E-state index in [0.29, 0.717) is 23.9 Å². The Hall–Kier alpha value is -2.18. The number of nitrogens with one attached hydrogen (secondary N) is 1. The normalized spacial score (nSPS) is 16.2. The number of sulfonamides is 2. The molecule has 0 aliphatic carbocycles. The summed E-state index contributed by atoms with van der Waals surface area (Å²) in [5.74, 6) is -0.549. The lowest BCUT2D eigenvalue weighted by molar-refractivity contribution is -0.117. The molecule has 0 bridgehead atoms. The van der Waals surface area contributed by atoms with Gasteiger partial charge in [0.2, 0.25) is 26.0 Å². The number of carbonyl (C=O) groups is 1. The van der Waals surface area contributed by atoms with Crippen molar-refractivity contribution < 1.29 is 26.4 Å². The number of amides is 1. The largest absolute Gasteiger partial charge is 0.379 e. The highest BCUT2D eigenvalue weighted by Gasteiger charge is 2.32. The summed E-state index contributed by atoms with van der Waals surface area (Å²) in [7, 11) is -7.46. The van der Waals surface area contributed by atoms with Crippen molar-refractivity contribution in [3.05, 3.63) is 53.6 Å². The molecule has 0 spiro atoms. The zero-order valence-electron chi connectivity index (χ0n) is 18.3. The third-order valence-electron chi connectivity index (χ3n) is 5.12. The Morgan fingerprint density at radius 1 is 1.12 bits per heavy atom. The van der Waals surface area contributed by atoms with Crippen molar-refractivity contribution in [2.75, 3.05) is 42.2 Å². The van der Waals surface area contributed by atoms with E-state index >= 15 is 0 Å². The van der Waals surface area contributed by atoms with Gasteiger partial charge in [0.05, 0.1) is 30.1 Å². The minimum Gasteiger partial charge on any atom is -0.379 e. The van der Waals surface area contributed by atoms with Crippen molar-refractivity contribution >= 4 is 48.9 Å². The Morgan fingerprint density at radius 3 is 2.30 bits per heavy atom. The van der Waals surface area contributed by atoms with Crippen molar-refractivity contribution in [1.82, 2.24) is 4.31 Å². The van der Waals surface area contributed by atoms with Crippen LogP contribution in [0.5, 0.6) is 0 Å². The average molecular weight is 516 g/mol. The van der Waals surface area contributed by atoms with Crippen molar-refractivity contribution in [3.8, 4) is 0 Å². The standard InChI is InChI=1S/C21H26ClN3O6S2/c1-3-20(25(32(2,27)28)18-6-4-5-16(22)15-18)21(26)23-17-7-9-19(10-8-17)33(29,30)24-11-13-31-14-12-24/h4-10,15,20H,3,11-14H2,1-2H3,(H,23,26)/t20-/m1/s1. The average Bonchev–Trinajstić information content (AvgIpc) is 2.77. The highest BCUT2D eigenvalue weighted by molar-refractivity contribution is 7.92. The summed E-state index contributed by atoms with van der Waals surface area (Å²) in [6.07, 6.45) is 1.23. The van der Waals surface area contributed by atoms with Crippen LogP contribution in [0.15, 0.2) is 53.4 Å². The zero-order chi connectivity index (χ0) is 24.2. The van der Waals surface area contributed by atoms with Crippen LogP contribution in [0.25, 0.3) is 0 Å². The van der Waals surface area contributed by atoms with Gasteiger partial charge in [-0.1, -0.05) is 24.6 Å². The van der Waals surface area contributed by atoms with E-state index < -0.39 is 32.0 Å². The summed E-state index contributed by atoms with van der Waals surface area (Å²) >= 11 is 6.02. The first-order valence-corrected chi connectivity index (χ1v) is 13.9. The lowest BCUT2D eigenvalue weighted by Crippen LogP contribution is -2.47. The predicted molar refractivity (Wildman–Crippen MR) is 128 cm³/mol. The molecule has 2 aromatic rings. The third-order valence-corrected chi connectivity index (χ3v) is 8.45. The molecular weight excluding hydrogens is 490 g/mol. The quantitative estimate of drug-likeness (QED) is 0.578. The fourth-order valence-corrected chi connectivity index (χ4v) is 6.34. The molecule has 1 atom stereocenters. The SMILES string of the molecule is CC[C@H](C(=O)Nc1ccc(S(=O)(=O)N2CCOCC2)cc1)N(c1cccc(Cl)c1)S(C)(=O)=O. The van der Waals surface area contributed by atoms with Crippen molar-refractivity contribution in [2.24, 2.45) is 0 Å². The van der Waals surface area contributed by atoms with E-state index in [9.17, 15) is 21.6 Å². The number of hydrogen-bond donors (Lipinski definition) is 1. The molecule has 33 heavy (non-hydrogen) atoms. The summed E-state index contributed by atoms with van der Waals surface area (Å²) < 4.78 is 58.2. The molecule has 9 nitrogen and oxygen atoms in total. The molecule has 12 heteroatoms. The van der Waals surface area contributed by atoms with E-state index in [4.69, 9.17) is 16.3 Å². The number of morpholine rings is 1. The third kappa shape index (κ3) is 6.04. The van der Waals surface area contributed by atoms with Crippen LogP contribution in [0.3, 0.4) is 0 Å². The molecule has 1 aliphatic rings. The second kappa shape index (κ2) is 10.4. The number of nitrogens with zero attached hydrogens (tertiary/aromatic N) is 2. The van der Waals surface area contributed by atoms with Crippen LogP contribution in [-0.4, -0.2) is 65.6 Å².